The van der Waals surface area contributed by atoms with Crippen LogP contribution in [0.4, 0.5) is 0 Å². The van der Waals surface area contributed by atoms with Crippen LogP contribution in [-0.4, -0.2) is 51.9 Å². The highest BCUT2D eigenvalue weighted by molar-refractivity contribution is 6.33. The van der Waals surface area contributed by atoms with E-state index < -0.39 is 0 Å². The van der Waals surface area contributed by atoms with Crippen LogP contribution >= 0.6 is 11.6 Å². The summed E-state index contributed by atoms with van der Waals surface area (Å²) in [5.74, 6) is 1.00. The summed E-state index contributed by atoms with van der Waals surface area (Å²) in [6.07, 6.45) is 2.85. The standard InChI is InChI=1S/C18H19ClN4O/c19-16-6-20-12-21-17(16)18(24)23-10-14-8-22(9-15(14)11-23)7-13-4-2-1-3-5-13/h1-6,12,14-15H,7-11H2/t14-,15+. The van der Waals surface area contributed by atoms with Gasteiger partial charge in [0.2, 0.25) is 0 Å². The lowest BCUT2D eigenvalue weighted by Gasteiger charge is -2.21. The van der Waals surface area contributed by atoms with Gasteiger partial charge in [0.1, 0.15) is 12.0 Å². The minimum absolute atomic E-state index is 0.0774. The first-order chi connectivity index (χ1) is 11.7. The van der Waals surface area contributed by atoms with E-state index in [0.717, 1.165) is 32.7 Å². The van der Waals surface area contributed by atoms with Gasteiger partial charge in [0, 0.05) is 38.9 Å². The van der Waals surface area contributed by atoms with Crippen molar-refractivity contribution in [1.82, 2.24) is 19.8 Å². The van der Waals surface area contributed by atoms with E-state index >= 15 is 0 Å². The Morgan fingerprint density at radius 1 is 1.12 bits per heavy atom. The molecule has 0 saturated carbocycles. The molecule has 5 nitrogen and oxygen atoms in total. The lowest BCUT2D eigenvalue weighted by Crippen LogP contribution is -2.33. The Bertz CT molecular complexity index is 725. The zero-order valence-corrected chi connectivity index (χ0v) is 14.1. The zero-order valence-electron chi connectivity index (χ0n) is 13.3. The van der Waals surface area contributed by atoms with E-state index in [1.54, 1.807) is 0 Å². The van der Waals surface area contributed by atoms with Gasteiger partial charge >= 0.3 is 0 Å². The van der Waals surface area contributed by atoms with Crippen LogP contribution in [0.3, 0.4) is 0 Å². The van der Waals surface area contributed by atoms with Gasteiger partial charge < -0.3 is 4.90 Å². The van der Waals surface area contributed by atoms with Crippen LogP contribution in [0.15, 0.2) is 42.9 Å². The lowest BCUT2D eigenvalue weighted by atomic mass is 10.0. The molecule has 0 radical (unpaired) electrons. The van der Waals surface area contributed by atoms with E-state index in [4.69, 9.17) is 11.6 Å². The third kappa shape index (κ3) is 3.01. The molecule has 4 rings (SSSR count). The second-order valence-electron chi connectivity index (χ2n) is 6.63. The quantitative estimate of drug-likeness (QED) is 0.859. The van der Waals surface area contributed by atoms with Gasteiger partial charge in [-0.25, -0.2) is 9.97 Å². The van der Waals surface area contributed by atoms with Crippen molar-refractivity contribution in [1.29, 1.82) is 0 Å². The molecule has 0 bridgehead atoms. The second-order valence-corrected chi connectivity index (χ2v) is 7.04. The molecule has 1 aromatic heterocycles. The fourth-order valence-corrected chi connectivity index (χ4v) is 4.03. The molecule has 2 atom stereocenters. The van der Waals surface area contributed by atoms with Crippen LogP contribution in [-0.2, 0) is 6.54 Å². The summed E-state index contributed by atoms with van der Waals surface area (Å²) in [6.45, 7) is 4.64. The van der Waals surface area contributed by atoms with Crippen molar-refractivity contribution in [2.24, 2.45) is 11.8 Å². The number of carbonyl (C=O) groups is 1. The van der Waals surface area contributed by atoms with E-state index in [2.05, 4.69) is 39.1 Å². The predicted molar refractivity (Wildman–Crippen MR) is 91.6 cm³/mol. The Balaban J connectivity index is 1.38. The molecule has 1 amide bonds. The van der Waals surface area contributed by atoms with Gasteiger partial charge in [-0.3, -0.25) is 9.69 Å². The second kappa shape index (κ2) is 6.49. The fourth-order valence-electron chi connectivity index (χ4n) is 3.85. The summed E-state index contributed by atoms with van der Waals surface area (Å²) in [4.78, 5) is 24.9. The first kappa shape index (κ1) is 15.5. The van der Waals surface area contributed by atoms with Crippen LogP contribution in [0.2, 0.25) is 5.02 Å². The summed E-state index contributed by atoms with van der Waals surface area (Å²) in [6, 6.07) is 10.5. The summed E-state index contributed by atoms with van der Waals surface area (Å²) < 4.78 is 0. The summed E-state index contributed by atoms with van der Waals surface area (Å²) >= 11 is 6.05. The number of amides is 1. The number of carbonyl (C=O) groups excluding carboxylic acids is 1. The predicted octanol–water partition coefficient (Wildman–Crippen LogP) is 2.33. The minimum Gasteiger partial charge on any atom is -0.337 e. The molecule has 2 aromatic rings. The number of hydrogen-bond acceptors (Lipinski definition) is 4. The highest BCUT2D eigenvalue weighted by Crippen LogP contribution is 2.33. The average Bonchev–Trinajstić information content (AvgIpc) is 3.14. The fraction of sp³-hybridized carbons (Fsp3) is 0.389. The summed E-state index contributed by atoms with van der Waals surface area (Å²) in [5.41, 5.74) is 1.66. The van der Waals surface area contributed by atoms with Crippen molar-refractivity contribution in [2.75, 3.05) is 26.2 Å². The van der Waals surface area contributed by atoms with Gasteiger partial charge in [0.05, 0.1) is 5.02 Å². The number of likely N-dealkylation sites (tertiary alicyclic amines) is 2. The molecular weight excluding hydrogens is 324 g/mol. The van der Waals surface area contributed by atoms with Crippen LogP contribution in [0.1, 0.15) is 16.1 Å². The SMILES string of the molecule is O=C(c1ncncc1Cl)N1C[C@H]2CN(Cc3ccccc3)C[C@H]2C1. The van der Waals surface area contributed by atoms with Crippen LogP contribution in [0, 0.1) is 11.8 Å². The molecule has 2 aliphatic rings. The molecule has 0 aliphatic carbocycles. The van der Waals surface area contributed by atoms with Gasteiger partial charge in [-0.2, -0.15) is 0 Å². The van der Waals surface area contributed by atoms with E-state index in [0.29, 0.717) is 22.6 Å². The smallest absolute Gasteiger partial charge is 0.274 e. The number of rotatable bonds is 3. The van der Waals surface area contributed by atoms with Crippen molar-refractivity contribution in [3.8, 4) is 0 Å². The molecule has 2 fully saturated rings. The van der Waals surface area contributed by atoms with Crippen molar-refractivity contribution in [3.05, 3.63) is 59.1 Å². The van der Waals surface area contributed by atoms with Gasteiger partial charge in [0.15, 0.2) is 0 Å². The Kier molecular flexibility index (Phi) is 4.21. The summed E-state index contributed by atoms with van der Waals surface area (Å²) in [7, 11) is 0. The summed E-state index contributed by atoms with van der Waals surface area (Å²) in [5, 5.41) is 0.324. The molecule has 0 spiro atoms. The average molecular weight is 343 g/mol. The molecule has 0 unspecified atom stereocenters. The van der Waals surface area contributed by atoms with E-state index in [-0.39, 0.29) is 5.91 Å². The van der Waals surface area contributed by atoms with Crippen LogP contribution in [0.5, 0.6) is 0 Å². The first-order valence-corrected chi connectivity index (χ1v) is 8.59. The highest BCUT2D eigenvalue weighted by atomic mass is 35.5. The van der Waals surface area contributed by atoms with E-state index in [1.807, 2.05) is 11.0 Å². The van der Waals surface area contributed by atoms with Crippen molar-refractivity contribution < 1.29 is 4.79 Å². The number of nitrogens with zero attached hydrogens (tertiary/aromatic N) is 4. The minimum atomic E-state index is -0.0774. The van der Waals surface area contributed by atoms with Crippen molar-refractivity contribution in [3.63, 3.8) is 0 Å². The maximum Gasteiger partial charge on any atom is 0.274 e. The Morgan fingerprint density at radius 2 is 1.83 bits per heavy atom. The number of fused-ring (bicyclic) bond motifs is 1. The molecule has 24 heavy (non-hydrogen) atoms. The van der Waals surface area contributed by atoms with Crippen molar-refractivity contribution in [2.45, 2.75) is 6.54 Å². The monoisotopic (exact) mass is 342 g/mol. The number of aromatic nitrogens is 2. The molecule has 3 heterocycles. The van der Waals surface area contributed by atoms with Crippen molar-refractivity contribution >= 4 is 17.5 Å². The number of benzene rings is 1. The third-order valence-corrected chi connectivity index (χ3v) is 5.24. The molecule has 124 valence electrons. The normalized spacial score (nSPS) is 23.5. The van der Waals surface area contributed by atoms with Crippen LogP contribution < -0.4 is 0 Å². The third-order valence-electron chi connectivity index (χ3n) is 4.97. The number of hydrogen-bond donors (Lipinski definition) is 0. The Morgan fingerprint density at radius 3 is 2.50 bits per heavy atom. The first-order valence-electron chi connectivity index (χ1n) is 8.22. The molecule has 6 heteroatoms. The molecule has 1 aromatic carbocycles. The lowest BCUT2D eigenvalue weighted by molar-refractivity contribution is 0.0767. The van der Waals surface area contributed by atoms with E-state index in [1.165, 1.54) is 18.1 Å². The Hall–Kier alpha value is -1.98. The molecule has 0 N–H and O–H groups in total. The van der Waals surface area contributed by atoms with Crippen LogP contribution in [0.25, 0.3) is 0 Å². The topological polar surface area (TPSA) is 49.3 Å². The molecular formula is C18H19ClN4O. The highest BCUT2D eigenvalue weighted by Gasteiger charge is 2.42. The Labute approximate surface area is 146 Å². The number of halogens is 1. The maximum absolute atomic E-state index is 12.6. The van der Waals surface area contributed by atoms with Gasteiger partial charge in [-0.15, -0.1) is 0 Å². The largest absolute Gasteiger partial charge is 0.337 e. The molecule has 2 saturated heterocycles. The van der Waals surface area contributed by atoms with Gasteiger partial charge in [0.25, 0.3) is 5.91 Å². The van der Waals surface area contributed by atoms with E-state index in [9.17, 15) is 4.79 Å². The molecule has 2 aliphatic heterocycles. The van der Waals surface area contributed by atoms with Gasteiger partial charge in [-0.1, -0.05) is 41.9 Å². The zero-order chi connectivity index (χ0) is 16.5. The maximum atomic E-state index is 12.6. The van der Waals surface area contributed by atoms with Gasteiger partial charge in [-0.05, 0) is 17.4 Å².